The van der Waals surface area contributed by atoms with Crippen molar-refractivity contribution in [3.8, 4) is 0 Å². The number of benzene rings is 1. The molecule has 2 unspecified atom stereocenters. The van der Waals surface area contributed by atoms with E-state index in [9.17, 15) is 9.59 Å². The Hall–Kier alpha value is -1.06. The highest BCUT2D eigenvalue weighted by molar-refractivity contribution is 6.36. The highest BCUT2D eigenvalue weighted by Crippen LogP contribution is 2.35. The Kier molecular flexibility index (Phi) is 4.23. The summed E-state index contributed by atoms with van der Waals surface area (Å²) < 4.78 is 0. The van der Waals surface area contributed by atoms with E-state index in [-0.39, 0.29) is 17.9 Å². The number of carbonyl (C=O) groups is 2. The van der Waals surface area contributed by atoms with Crippen LogP contribution in [0.15, 0.2) is 18.2 Å². The molecule has 1 amide bonds. The fourth-order valence-electron chi connectivity index (χ4n) is 3.53. The zero-order valence-corrected chi connectivity index (χ0v) is 13.2. The summed E-state index contributed by atoms with van der Waals surface area (Å²) >= 11 is 12.0. The molecule has 1 aromatic carbocycles. The lowest BCUT2D eigenvalue weighted by Gasteiger charge is -2.29. The summed E-state index contributed by atoms with van der Waals surface area (Å²) in [7, 11) is 0. The van der Waals surface area contributed by atoms with Crippen LogP contribution in [0.1, 0.15) is 42.5 Å². The van der Waals surface area contributed by atoms with Gasteiger partial charge in [0.15, 0.2) is 0 Å². The Morgan fingerprint density at radius 1 is 1.19 bits per heavy atom. The van der Waals surface area contributed by atoms with Crippen LogP contribution in [-0.2, 0) is 4.79 Å². The number of Topliss-reactive ketones (excluding diaryl/α,β-unsaturated/α-hetero) is 1. The van der Waals surface area contributed by atoms with Gasteiger partial charge in [-0.15, -0.1) is 0 Å². The largest absolute Gasteiger partial charge is 0.335 e. The minimum absolute atomic E-state index is 0.0162. The molecule has 2 fully saturated rings. The molecule has 3 nitrogen and oxygen atoms in total. The number of ketones is 1. The number of carbonyl (C=O) groups excluding carboxylic acids is 2. The lowest BCUT2D eigenvalue weighted by molar-refractivity contribution is -0.121. The Bertz CT molecular complexity index is 588. The summed E-state index contributed by atoms with van der Waals surface area (Å²) in [6.07, 6.45) is 4.37. The Morgan fingerprint density at radius 2 is 2.00 bits per heavy atom. The minimum Gasteiger partial charge on any atom is -0.335 e. The van der Waals surface area contributed by atoms with Crippen LogP contribution in [0.2, 0.25) is 10.0 Å². The zero-order chi connectivity index (χ0) is 15.0. The maximum absolute atomic E-state index is 12.7. The van der Waals surface area contributed by atoms with Crippen LogP contribution in [0.4, 0.5) is 0 Å². The molecule has 1 heterocycles. The predicted octanol–water partition coefficient (Wildman–Crippen LogP) is 3.97. The summed E-state index contributed by atoms with van der Waals surface area (Å²) in [5, 5.41) is 0.886. The molecule has 5 heteroatoms. The maximum atomic E-state index is 12.7. The van der Waals surface area contributed by atoms with E-state index < -0.39 is 0 Å². The maximum Gasteiger partial charge on any atom is 0.255 e. The quantitative estimate of drug-likeness (QED) is 0.825. The molecule has 0 bridgehead atoms. The Balaban J connectivity index is 1.84. The van der Waals surface area contributed by atoms with Gasteiger partial charge >= 0.3 is 0 Å². The van der Waals surface area contributed by atoms with Crippen LogP contribution in [0.25, 0.3) is 0 Å². The third-order valence-electron chi connectivity index (χ3n) is 4.54. The van der Waals surface area contributed by atoms with Gasteiger partial charge < -0.3 is 4.90 Å². The van der Waals surface area contributed by atoms with Gasteiger partial charge in [0, 0.05) is 29.9 Å². The van der Waals surface area contributed by atoms with E-state index in [1.165, 1.54) is 0 Å². The number of nitrogens with zero attached hydrogens (tertiary/aromatic N) is 1. The second-order valence-corrected chi connectivity index (χ2v) is 6.64. The normalized spacial score (nSPS) is 25.6. The Labute approximate surface area is 134 Å². The van der Waals surface area contributed by atoms with Crippen molar-refractivity contribution in [2.24, 2.45) is 5.92 Å². The first-order chi connectivity index (χ1) is 10.1. The van der Waals surface area contributed by atoms with Crippen LogP contribution in [0, 0.1) is 5.92 Å². The Morgan fingerprint density at radius 3 is 2.67 bits per heavy atom. The molecule has 1 saturated carbocycles. The van der Waals surface area contributed by atoms with E-state index >= 15 is 0 Å². The van der Waals surface area contributed by atoms with Gasteiger partial charge in [-0.05, 0) is 43.9 Å². The van der Waals surface area contributed by atoms with Gasteiger partial charge in [0.05, 0.1) is 10.6 Å². The molecule has 0 spiro atoms. The van der Waals surface area contributed by atoms with E-state index in [4.69, 9.17) is 23.2 Å². The van der Waals surface area contributed by atoms with Gasteiger partial charge in [0.2, 0.25) is 0 Å². The van der Waals surface area contributed by atoms with Crippen molar-refractivity contribution < 1.29 is 9.59 Å². The standard InChI is InChI=1S/C16H17Cl2NO2/c17-10-6-7-11(13(18)9-10)16(21)19-8-2-4-14(19)12-3-1-5-15(12)20/h6-7,9,12,14H,1-5,8H2. The summed E-state index contributed by atoms with van der Waals surface area (Å²) in [5.74, 6) is 0.239. The van der Waals surface area contributed by atoms with Gasteiger partial charge in [-0.25, -0.2) is 0 Å². The van der Waals surface area contributed by atoms with Gasteiger partial charge in [-0.1, -0.05) is 23.2 Å². The first-order valence-electron chi connectivity index (χ1n) is 7.36. The lowest BCUT2D eigenvalue weighted by Crippen LogP contribution is -2.41. The molecule has 3 rings (SSSR count). The van der Waals surface area contributed by atoms with Crippen LogP contribution in [0.3, 0.4) is 0 Å². The van der Waals surface area contributed by atoms with E-state index in [0.717, 1.165) is 25.7 Å². The van der Waals surface area contributed by atoms with Gasteiger partial charge in [-0.2, -0.15) is 0 Å². The first-order valence-corrected chi connectivity index (χ1v) is 8.12. The van der Waals surface area contributed by atoms with Crippen molar-refractivity contribution in [3.63, 3.8) is 0 Å². The average molecular weight is 326 g/mol. The molecule has 2 atom stereocenters. The van der Waals surface area contributed by atoms with Crippen LogP contribution in [0.5, 0.6) is 0 Å². The van der Waals surface area contributed by atoms with Gasteiger partial charge in [0.25, 0.3) is 5.91 Å². The monoisotopic (exact) mass is 325 g/mol. The van der Waals surface area contributed by atoms with Crippen molar-refractivity contribution in [3.05, 3.63) is 33.8 Å². The highest BCUT2D eigenvalue weighted by Gasteiger charge is 2.40. The fraction of sp³-hybridized carbons (Fsp3) is 0.500. The van der Waals surface area contributed by atoms with Crippen LogP contribution < -0.4 is 0 Å². The van der Waals surface area contributed by atoms with Crippen molar-refractivity contribution in [1.82, 2.24) is 4.90 Å². The third kappa shape index (κ3) is 2.82. The third-order valence-corrected chi connectivity index (χ3v) is 5.09. The van der Waals surface area contributed by atoms with Gasteiger partial charge in [0.1, 0.15) is 5.78 Å². The van der Waals surface area contributed by atoms with Gasteiger partial charge in [-0.3, -0.25) is 9.59 Å². The van der Waals surface area contributed by atoms with Crippen LogP contribution in [-0.4, -0.2) is 29.2 Å². The molecule has 2 aliphatic rings. The van der Waals surface area contributed by atoms with Crippen molar-refractivity contribution >= 4 is 34.9 Å². The summed E-state index contributed by atoms with van der Waals surface area (Å²) in [6, 6.07) is 4.97. The highest BCUT2D eigenvalue weighted by atomic mass is 35.5. The number of likely N-dealkylation sites (tertiary alicyclic amines) is 1. The van der Waals surface area contributed by atoms with E-state index in [1.54, 1.807) is 18.2 Å². The van der Waals surface area contributed by atoms with Crippen molar-refractivity contribution in [2.75, 3.05) is 6.54 Å². The molecular formula is C16H17Cl2NO2. The molecule has 1 aliphatic heterocycles. The number of halogens is 2. The average Bonchev–Trinajstić information content (AvgIpc) is 3.06. The van der Waals surface area contributed by atoms with Crippen LogP contribution >= 0.6 is 23.2 Å². The minimum atomic E-state index is -0.0844. The molecule has 112 valence electrons. The lowest BCUT2D eigenvalue weighted by atomic mass is 9.94. The zero-order valence-electron chi connectivity index (χ0n) is 11.6. The predicted molar refractivity (Wildman–Crippen MR) is 82.9 cm³/mol. The molecular weight excluding hydrogens is 309 g/mol. The molecule has 1 saturated heterocycles. The smallest absolute Gasteiger partial charge is 0.255 e. The van der Waals surface area contributed by atoms with Crippen molar-refractivity contribution in [2.45, 2.75) is 38.1 Å². The SMILES string of the molecule is O=C1CCCC1C1CCCN1C(=O)c1ccc(Cl)cc1Cl. The fourth-order valence-corrected chi connectivity index (χ4v) is 4.02. The number of amides is 1. The first kappa shape index (κ1) is 14.9. The van der Waals surface area contributed by atoms with E-state index in [1.807, 2.05) is 4.90 Å². The molecule has 1 aromatic rings. The number of hydrogen-bond donors (Lipinski definition) is 0. The molecule has 0 radical (unpaired) electrons. The summed E-state index contributed by atoms with van der Waals surface area (Å²) in [5.41, 5.74) is 0.471. The van der Waals surface area contributed by atoms with E-state index in [2.05, 4.69) is 0 Å². The topological polar surface area (TPSA) is 37.4 Å². The van der Waals surface area contributed by atoms with Crippen molar-refractivity contribution in [1.29, 1.82) is 0 Å². The van der Waals surface area contributed by atoms with E-state index in [0.29, 0.717) is 34.4 Å². The molecule has 0 aromatic heterocycles. The summed E-state index contributed by atoms with van der Waals surface area (Å²) in [6.45, 7) is 0.701. The molecule has 21 heavy (non-hydrogen) atoms. The molecule has 0 N–H and O–H groups in total. The second-order valence-electron chi connectivity index (χ2n) is 5.80. The molecule has 1 aliphatic carbocycles. The number of hydrogen-bond acceptors (Lipinski definition) is 2. The number of rotatable bonds is 2. The summed E-state index contributed by atoms with van der Waals surface area (Å²) in [4.78, 5) is 26.6. The second kappa shape index (κ2) is 5.98.